The van der Waals surface area contributed by atoms with Crippen LogP contribution in [0.25, 0.3) is 5.69 Å². The Morgan fingerprint density at radius 1 is 1.22 bits per heavy atom. The van der Waals surface area contributed by atoms with E-state index in [2.05, 4.69) is 10.2 Å². The number of hydrogen-bond donors (Lipinski definition) is 0. The number of aryl methyl sites for hydroxylation is 3. The summed E-state index contributed by atoms with van der Waals surface area (Å²) < 4.78 is 2.69. The molecule has 3 aromatic rings. The fraction of sp³-hybridized carbons (Fsp3) is 0.158. The Balaban J connectivity index is 2.10. The van der Waals surface area contributed by atoms with Crippen LogP contribution < -0.4 is 5.56 Å². The summed E-state index contributed by atoms with van der Waals surface area (Å²) >= 11 is 12.7. The largest absolute Gasteiger partial charge is 0.289 e. The van der Waals surface area contributed by atoms with Gasteiger partial charge in [-0.15, -0.1) is 0 Å². The van der Waals surface area contributed by atoms with Crippen molar-refractivity contribution >= 4 is 29.4 Å². The molecule has 6 nitrogen and oxygen atoms in total. The van der Waals surface area contributed by atoms with Gasteiger partial charge in [0.1, 0.15) is 16.8 Å². The first-order valence-electron chi connectivity index (χ1n) is 8.03. The number of pyridine rings is 1. The van der Waals surface area contributed by atoms with E-state index in [0.29, 0.717) is 38.4 Å². The van der Waals surface area contributed by atoms with E-state index in [0.717, 1.165) is 0 Å². The standard InChI is InChI=1S/C19H15Cl2N5O/c1-11-8-12(2)25(19(27)14(11)9-22)23-10-15-13(3)24-26(18(15)21)17-7-5-4-6-16(17)20/h4-8,10H,1-3H3. The van der Waals surface area contributed by atoms with Crippen LogP contribution in [0.3, 0.4) is 0 Å². The molecule has 0 aliphatic rings. The highest BCUT2D eigenvalue weighted by Gasteiger charge is 2.15. The summed E-state index contributed by atoms with van der Waals surface area (Å²) in [5.41, 5.74) is 2.64. The predicted octanol–water partition coefficient (Wildman–Crippen LogP) is 4.02. The fourth-order valence-corrected chi connectivity index (χ4v) is 3.25. The maximum atomic E-state index is 12.5. The zero-order valence-corrected chi connectivity index (χ0v) is 16.4. The molecule has 2 aromatic heterocycles. The molecule has 0 radical (unpaired) electrons. The molecule has 0 saturated heterocycles. The summed E-state index contributed by atoms with van der Waals surface area (Å²) in [7, 11) is 0. The lowest BCUT2D eigenvalue weighted by molar-refractivity contribution is 0.786. The maximum Gasteiger partial charge on any atom is 0.289 e. The van der Waals surface area contributed by atoms with Crippen molar-refractivity contribution in [1.82, 2.24) is 14.5 Å². The molecule has 0 bridgehead atoms. The lowest BCUT2D eigenvalue weighted by atomic mass is 10.1. The minimum Gasteiger partial charge on any atom is -0.266 e. The molecule has 8 heteroatoms. The first-order valence-corrected chi connectivity index (χ1v) is 8.78. The Bertz CT molecular complexity index is 1170. The molecule has 0 amide bonds. The fourth-order valence-electron chi connectivity index (χ4n) is 2.72. The lowest BCUT2D eigenvalue weighted by Crippen LogP contribution is -2.22. The van der Waals surface area contributed by atoms with E-state index < -0.39 is 5.56 Å². The topological polar surface area (TPSA) is 76.0 Å². The number of hydrogen-bond acceptors (Lipinski definition) is 4. The number of halogens is 2. The van der Waals surface area contributed by atoms with Crippen molar-refractivity contribution < 1.29 is 0 Å². The molecule has 0 unspecified atom stereocenters. The smallest absolute Gasteiger partial charge is 0.266 e. The van der Waals surface area contributed by atoms with Crippen LogP contribution in [0.4, 0.5) is 0 Å². The Kier molecular flexibility index (Phi) is 5.17. The van der Waals surface area contributed by atoms with E-state index in [1.165, 1.54) is 15.6 Å². The van der Waals surface area contributed by atoms with Gasteiger partial charge in [0, 0.05) is 5.69 Å². The third kappa shape index (κ3) is 3.39. The number of nitrogens with zero attached hydrogens (tertiary/aromatic N) is 5. The number of rotatable bonds is 3. The van der Waals surface area contributed by atoms with Crippen molar-refractivity contribution in [2.45, 2.75) is 20.8 Å². The van der Waals surface area contributed by atoms with Crippen LogP contribution in [0.2, 0.25) is 10.2 Å². The summed E-state index contributed by atoms with van der Waals surface area (Å²) in [4.78, 5) is 12.5. The van der Waals surface area contributed by atoms with Crippen molar-refractivity contribution in [2.75, 3.05) is 0 Å². The zero-order chi connectivity index (χ0) is 19.7. The van der Waals surface area contributed by atoms with Gasteiger partial charge in [-0.25, -0.2) is 9.36 Å². The SMILES string of the molecule is Cc1cc(C)n(N=Cc2c(C)nn(-c3ccccc3Cl)c2Cl)c(=O)c1C#N. The summed E-state index contributed by atoms with van der Waals surface area (Å²) in [5, 5.41) is 18.7. The summed E-state index contributed by atoms with van der Waals surface area (Å²) in [5.74, 6) is 0. The second-order valence-corrected chi connectivity index (χ2v) is 6.74. The Labute approximate surface area is 165 Å². The predicted molar refractivity (Wildman–Crippen MR) is 106 cm³/mol. The van der Waals surface area contributed by atoms with Gasteiger partial charge in [0.15, 0.2) is 0 Å². The third-order valence-electron chi connectivity index (χ3n) is 4.10. The van der Waals surface area contributed by atoms with E-state index >= 15 is 0 Å². The monoisotopic (exact) mass is 399 g/mol. The molecule has 2 heterocycles. The molecule has 3 rings (SSSR count). The molecule has 0 saturated carbocycles. The Hall–Kier alpha value is -2.88. The van der Waals surface area contributed by atoms with Crippen LogP contribution >= 0.6 is 23.2 Å². The summed E-state index contributed by atoms with van der Waals surface area (Å²) in [6.45, 7) is 5.25. The van der Waals surface area contributed by atoms with E-state index in [1.54, 1.807) is 39.0 Å². The number of nitriles is 1. The molecule has 0 atom stereocenters. The van der Waals surface area contributed by atoms with Crippen molar-refractivity contribution in [1.29, 1.82) is 5.26 Å². The number of aromatic nitrogens is 3. The van der Waals surface area contributed by atoms with Gasteiger partial charge in [-0.1, -0.05) is 35.3 Å². The van der Waals surface area contributed by atoms with Crippen LogP contribution in [0.15, 0.2) is 40.2 Å². The van der Waals surface area contributed by atoms with Gasteiger partial charge < -0.3 is 0 Å². The minimum absolute atomic E-state index is 0.0623. The highest BCUT2D eigenvalue weighted by Crippen LogP contribution is 2.26. The summed E-state index contributed by atoms with van der Waals surface area (Å²) in [6, 6.07) is 10.9. The lowest BCUT2D eigenvalue weighted by Gasteiger charge is -2.06. The molecule has 0 aliphatic heterocycles. The second-order valence-electron chi connectivity index (χ2n) is 5.97. The van der Waals surface area contributed by atoms with Gasteiger partial charge >= 0.3 is 0 Å². The summed E-state index contributed by atoms with van der Waals surface area (Å²) in [6.07, 6.45) is 1.46. The Morgan fingerprint density at radius 2 is 1.93 bits per heavy atom. The maximum absolute atomic E-state index is 12.5. The third-order valence-corrected chi connectivity index (χ3v) is 4.79. The van der Waals surface area contributed by atoms with Gasteiger partial charge in [0.2, 0.25) is 0 Å². The zero-order valence-electron chi connectivity index (χ0n) is 14.9. The van der Waals surface area contributed by atoms with Crippen LogP contribution in [0.5, 0.6) is 0 Å². The molecule has 1 aromatic carbocycles. The molecular formula is C19H15Cl2N5O. The van der Waals surface area contributed by atoms with Crippen molar-refractivity contribution in [2.24, 2.45) is 5.10 Å². The van der Waals surface area contributed by atoms with Crippen LogP contribution in [0.1, 0.15) is 28.1 Å². The molecule has 0 N–H and O–H groups in total. The first kappa shape index (κ1) is 18.9. The van der Waals surface area contributed by atoms with E-state index in [-0.39, 0.29) is 5.56 Å². The average molecular weight is 400 g/mol. The number of benzene rings is 1. The van der Waals surface area contributed by atoms with Crippen molar-refractivity contribution in [3.05, 3.63) is 78.9 Å². The van der Waals surface area contributed by atoms with Crippen molar-refractivity contribution in [3.8, 4) is 11.8 Å². The van der Waals surface area contributed by atoms with Crippen LogP contribution in [0, 0.1) is 32.1 Å². The molecule has 0 fully saturated rings. The second kappa shape index (κ2) is 7.39. The molecule has 27 heavy (non-hydrogen) atoms. The van der Waals surface area contributed by atoms with Gasteiger partial charge in [-0.3, -0.25) is 4.79 Å². The van der Waals surface area contributed by atoms with Gasteiger partial charge in [-0.05, 0) is 44.5 Å². The first-order chi connectivity index (χ1) is 12.8. The van der Waals surface area contributed by atoms with E-state index in [9.17, 15) is 10.1 Å². The quantitative estimate of drug-likeness (QED) is 0.624. The van der Waals surface area contributed by atoms with Crippen LogP contribution in [-0.2, 0) is 0 Å². The van der Waals surface area contributed by atoms with Gasteiger partial charge in [0.25, 0.3) is 5.56 Å². The highest BCUT2D eigenvalue weighted by molar-refractivity contribution is 6.34. The molecule has 0 spiro atoms. The molecular weight excluding hydrogens is 385 g/mol. The van der Waals surface area contributed by atoms with E-state index in [1.807, 2.05) is 18.2 Å². The normalized spacial score (nSPS) is 11.1. The molecule has 0 aliphatic carbocycles. The minimum atomic E-state index is -0.474. The average Bonchev–Trinajstić information content (AvgIpc) is 2.90. The van der Waals surface area contributed by atoms with Gasteiger partial charge in [-0.2, -0.15) is 15.5 Å². The Morgan fingerprint density at radius 3 is 2.59 bits per heavy atom. The molecule has 136 valence electrons. The van der Waals surface area contributed by atoms with Gasteiger partial charge in [0.05, 0.1) is 28.2 Å². The van der Waals surface area contributed by atoms with E-state index in [4.69, 9.17) is 23.2 Å². The highest BCUT2D eigenvalue weighted by atomic mass is 35.5. The van der Waals surface area contributed by atoms with Crippen LogP contribution in [-0.4, -0.2) is 20.7 Å². The van der Waals surface area contributed by atoms with Crippen molar-refractivity contribution in [3.63, 3.8) is 0 Å². The number of para-hydroxylation sites is 1.